The lowest BCUT2D eigenvalue weighted by Crippen LogP contribution is -2.47. The van der Waals surface area contributed by atoms with Crippen molar-refractivity contribution in [2.24, 2.45) is 0 Å². The molecule has 1 amide bonds. The van der Waals surface area contributed by atoms with Gasteiger partial charge in [-0.25, -0.2) is 4.79 Å². The number of hydrogen-bond acceptors (Lipinski definition) is 6. The summed E-state index contributed by atoms with van der Waals surface area (Å²) in [4.78, 5) is 23.8. The number of para-hydroxylation sites is 1. The average molecular weight is 360 g/mol. The first-order chi connectivity index (χ1) is 12.6. The third kappa shape index (κ3) is 5.01. The van der Waals surface area contributed by atoms with Crippen LogP contribution in [-0.4, -0.2) is 49.3 Å². The SMILES string of the molecule is CCCCC(NC(=O)C(CC)Nc1nnnn1-c1ccccc1)C(=O)O. The molecular weight excluding hydrogens is 336 g/mol. The van der Waals surface area contributed by atoms with Crippen molar-refractivity contribution >= 4 is 17.8 Å². The normalized spacial score (nSPS) is 13.0. The molecular formula is C17H24N6O3. The van der Waals surface area contributed by atoms with E-state index in [4.69, 9.17) is 0 Å². The monoisotopic (exact) mass is 360 g/mol. The van der Waals surface area contributed by atoms with E-state index in [1.165, 1.54) is 4.68 Å². The lowest BCUT2D eigenvalue weighted by molar-refractivity contribution is -0.142. The van der Waals surface area contributed by atoms with Gasteiger partial charge in [-0.05, 0) is 35.4 Å². The minimum Gasteiger partial charge on any atom is -0.480 e. The molecule has 2 aromatic rings. The first kappa shape index (κ1) is 19.4. The molecule has 9 nitrogen and oxygen atoms in total. The lowest BCUT2D eigenvalue weighted by Gasteiger charge is -2.20. The van der Waals surface area contributed by atoms with E-state index in [1.54, 1.807) is 0 Å². The highest BCUT2D eigenvalue weighted by atomic mass is 16.4. The number of carboxylic acid groups (broad SMARTS) is 1. The highest BCUT2D eigenvalue weighted by molar-refractivity contribution is 5.88. The number of tetrazole rings is 1. The number of aliphatic carboxylic acids is 1. The van der Waals surface area contributed by atoms with Crippen molar-refractivity contribution in [2.75, 3.05) is 5.32 Å². The third-order valence-electron chi connectivity index (χ3n) is 3.96. The summed E-state index contributed by atoms with van der Waals surface area (Å²) in [6, 6.07) is 7.73. The maximum absolute atomic E-state index is 12.5. The number of amides is 1. The van der Waals surface area contributed by atoms with E-state index in [1.807, 2.05) is 44.2 Å². The van der Waals surface area contributed by atoms with Gasteiger partial charge in [-0.2, -0.15) is 4.68 Å². The van der Waals surface area contributed by atoms with Crippen molar-refractivity contribution in [1.82, 2.24) is 25.5 Å². The van der Waals surface area contributed by atoms with Crippen LogP contribution >= 0.6 is 0 Å². The standard InChI is InChI=1S/C17H24N6O3/c1-3-5-11-14(16(25)26)18-15(24)13(4-2)19-17-20-21-22-23(17)12-9-7-6-8-10-12/h6-10,13-14H,3-5,11H2,1-2H3,(H,18,24)(H,25,26)(H,19,20,22). The van der Waals surface area contributed by atoms with Crippen LogP contribution in [0.3, 0.4) is 0 Å². The lowest BCUT2D eigenvalue weighted by atomic mass is 10.1. The Morgan fingerprint density at radius 3 is 2.54 bits per heavy atom. The number of carbonyl (C=O) groups is 2. The van der Waals surface area contributed by atoms with Crippen molar-refractivity contribution in [2.45, 2.75) is 51.6 Å². The average Bonchev–Trinajstić information content (AvgIpc) is 3.11. The molecule has 3 N–H and O–H groups in total. The van der Waals surface area contributed by atoms with Gasteiger partial charge in [-0.3, -0.25) is 4.79 Å². The maximum Gasteiger partial charge on any atom is 0.326 e. The van der Waals surface area contributed by atoms with Crippen LogP contribution in [0.2, 0.25) is 0 Å². The fraction of sp³-hybridized carbons (Fsp3) is 0.471. The van der Waals surface area contributed by atoms with Crippen LogP contribution in [0.25, 0.3) is 5.69 Å². The molecule has 1 aromatic carbocycles. The number of nitrogens with zero attached hydrogens (tertiary/aromatic N) is 4. The topological polar surface area (TPSA) is 122 Å². The van der Waals surface area contributed by atoms with Gasteiger partial charge in [-0.1, -0.05) is 50.0 Å². The number of anilines is 1. The smallest absolute Gasteiger partial charge is 0.326 e. The summed E-state index contributed by atoms with van der Waals surface area (Å²) in [5, 5.41) is 26.4. The number of unbranched alkanes of at least 4 members (excludes halogenated alkanes) is 1. The molecule has 0 aliphatic heterocycles. The predicted octanol–water partition coefficient (Wildman–Crippen LogP) is 1.61. The highest BCUT2D eigenvalue weighted by Gasteiger charge is 2.25. The number of aromatic nitrogens is 4. The second-order valence-electron chi connectivity index (χ2n) is 5.90. The first-order valence-electron chi connectivity index (χ1n) is 8.70. The Bertz CT molecular complexity index is 718. The molecule has 0 radical (unpaired) electrons. The Morgan fingerprint density at radius 1 is 1.19 bits per heavy atom. The third-order valence-corrected chi connectivity index (χ3v) is 3.96. The summed E-state index contributed by atoms with van der Waals surface area (Å²) >= 11 is 0. The van der Waals surface area contributed by atoms with E-state index in [2.05, 4.69) is 26.2 Å². The molecule has 1 aromatic heterocycles. The van der Waals surface area contributed by atoms with Gasteiger partial charge < -0.3 is 15.7 Å². The molecule has 1 heterocycles. The second-order valence-corrected chi connectivity index (χ2v) is 5.90. The zero-order chi connectivity index (χ0) is 18.9. The van der Waals surface area contributed by atoms with Gasteiger partial charge in [0.2, 0.25) is 11.9 Å². The van der Waals surface area contributed by atoms with Gasteiger partial charge in [0.1, 0.15) is 12.1 Å². The molecule has 26 heavy (non-hydrogen) atoms. The Kier molecular flexibility index (Phi) is 7.07. The van der Waals surface area contributed by atoms with Crippen molar-refractivity contribution in [3.05, 3.63) is 30.3 Å². The van der Waals surface area contributed by atoms with Gasteiger partial charge in [-0.15, -0.1) is 0 Å². The van der Waals surface area contributed by atoms with E-state index >= 15 is 0 Å². The molecule has 9 heteroatoms. The Balaban J connectivity index is 2.08. The number of hydrogen-bond donors (Lipinski definition) is 3. The molecule has 0 saturated heterocycles. The van der Waals surface area contributed by atoms with Gasteiger partial charge >= 0.3 is 5.97 Å². The van der Waals surface area contributed by atoms with Gasteiger partial charge in [0, 0.05) is 0 Å². The Morgan fingerprint density at radius 2 is 1.92 bits per heavy atom. The number of nitrogens with one attached hydrogen (secondary N) is 2. The van der Waals surface area contributed by atoms with Crippen LogP contribution in [0.1, 0.15) is 39.5 Å². The Hall–Kier alpha value is -2.97. The molecule has 140 valence electrons. The quantitative estimate of drug-likeness (QED) is 0.588. The van der Waals surface area contributed by atoms with E-state index in [0.717, 1.165) is 18.5 Å². The van der Waals surface area contributed by atoms with Crippen LogP contribution in [0.5, 0.6) is 0 Å². The van der Waals surface area contributed by atoms with Crippen LogP contribution in [0.15, 0.2) is 30.3 Å². The molecule has 0 bridgehead atoms. The fourth-order valence-corrected chi connectivity index (χ4v) is 2.47. The molecule has 0 aliphatic carbocycles. The fourth-order valence-electron chi connectivity index (χ4n) is 2.47. The zero-order valence-electron chi connectivity index (χ0n) is 14.9. The molecule has 2 unspecified atom stereocenters. The minimum absolute atomic E-state index is 0.318. The first-order valence-corrected chi connectivity index (χ1v) is 8.70. The summed E-state index contributed by atoms with van der Waals surface area (Å²) in [6.07, 6.45) is 2.44. The minimum atomic E-state index is -1.03. The van der Waals surface area contributed by atoms with Gasteiger partial charge in [0.15, 0.2) is 0 Å². The number of carbonyl (C=O) groups excluding carboxylic acids is 1. The number of benzene rings is 1. The van der Waals surface area contributed by atoms with Crippen molar-refractivity contribution < 1.29 is 14.7 Å². The predicted molar refractivity (Wildman–Crippen MR) is 95.9 cm³/mol. The van der Waals surface area contributed by atoms with Gasteiger partial charge in [0.05, 0.1) is 5.69 Å². The summed E-state index contributed by atoms with van der Waals surface area (Å²) in [5.41, 5.74) is 0.751. The van der Waals surface area contributed by atoms with Crippen LogP contribution < -0.4 is 10.6 Å². The van der Waals surface area contributed by atoms with E-state index in [0.29, 0.717) is 18.8 Å². The van der Waals surface area contributed by atoms with Crippen LogP contribution in [0, 0.1) is 0 Å². The van der Waals surface area contributed by atoms with Crippen molar-refractivity contribution in [1.29, 1.82) is 0 Å². The van der Waals surface area contributed by atoms with E-state index < -0.39 is 24.0 Å². The summed E-state index contributed by atoms with van der Waals surface area (Å²) < 4.78 is 1.49. The summed E-state index contributed by atoms with van der Waals surface area (Å²) in [7, 11) is 0. The van der Waals surface area contributed by atoms with E-state index in [-0.39, 0.29) is 0 Å². The zero-order valence-corrected chi connectivity index (χ0v) is 14.9. The summed E-state index contributed by atoms with van der Waals surface area (Å²) in [5.74, 6) is -1.10. The molecule has 0 saturated carbocycles. The van der Waals surface area contributed by atoms with Crippen LogP contribution in [-0.2, 0) is 9.59 Å². The molecule has 0 fully saturated rings. The van der Waals surface area contributed by atoms with Gasteiger partial charge in [0.25, 0.3) is 0 Å². The molecule has 2 rings (SSSR count). The molecule has 0 aliphatic rings. The van der Waals surface area contributed by atoms with Crippen molar-refractivity contribution in [3.63, 3.8) is 0 Å². The number of carboxylic acids is 1. The molecule has 0 spiro atoms. The maximum atomic E-state index is 12.5. The Labute approximate surface area is 151 Å². The molecule has 2 atom stereocenters. The summed E-state index contributed by atoms with van der Waals surface area (Å²) in [6.45, 7) is 3.80. The number of rotatable bonds is 10. The van der Waals surface area contributed by atoms with Crippen LogP contribution in [0.4, 0.5) is 5.95 Å². The second kappa shape index (κ2) is 9.50. The van der Waals surface area contributed by atoms with E-state index in [9.17, 15) is 14.7 Å². The highest BCUT2D eigenvalue weighted by Crippen LogP contribution is 2.13. The van der Waals surface area contributed by atoms with Crippen molar-refractivity contribution in [3.8, 4) is 5.69 Å². The largest absolute Gasteiger partial charge is 0.480 e.